The number of rotatable bonds is 3. The third-order valence-corrected chi connectivity index (χ3v) is 3.98. The molecule has 2 heterocycles. The highest BCUT2D eigenvalue weighted by Gasteiger charge is 2.47. The van der Waals surface area contributed by atoms with Crippen LogP contribution in [0.4, 0.5) is 18.0 Å². The fourth-order valence-corrected chi connectivity index (χ4v) is 3.06. The van der Waals surface area contributed by atoms with Crippen molar-refractivity contribution < 1.29 is 32.6 Å². The monoisotopic (exact) mass is 366 g/mol. The number of pyridine rings is 1. The molecule has 2 aromatic rings. The molecule has 1 amide bonds. The van der Waals surface area contributed by atoms with Gasteiger partial charge in [-0.1, -0.05) is 24.3 Å². The van der Waals surface area contributed by atoms with Crippen molar-refractivity contribution in [1.29, 1.82) is 0 Å². The summed E-state index contributed by atoms with van der Waals surface area (Å²) in [6.07, 6.45) is -4.93. The van der Waals surface area contributed by atoms with Gasteiger partial charge in [0.2, 0.25) is 0 Å². The number of carbonyl (C=O) groups is 2. The molecule has 0 spiro atoms. The molecule has 26 heavy (non-hydrogen) atoms. The Hall–Kier alpha value is -3.10. The number of alkyl halides is 3. The summed E-state index contributed by atoms with van der Waals surface area (Å²) in [5.41, 5.74) is 0.432. The second-order valence-corrected chi connectivity index (χ2v) is 5.67. The SMILES string of the molecule is O=C(O)OC1c2ccccc2C(=O)N(CC(F)(F)F)C1c1cccnc1. The molecule has 0 fully saturated rings. The number of aromatic nitrogens is 1. The highest BCUT2D eigenvalue weighted by atomic mass is 19.4. The highest BCUT2D eigenvalue weighted by molar-refractivity contribution is 5.97. The molecule has 0 radical (unpaired) electrons. The van der Waals surface area contributed by atoms with Gasteiger partial charge in [-0.15, -0.1) is 0 Å². The van der Waals surface area contributed by atoms with Gasteiger partial charge in [-0.3, -0.25) is 9.78 Å². The molecule has 136 valence electrons. The smallest absolute Gasteiger partial charge is 0.450 e. The van der Waals surface area contributed by atoms with Gasteiger partial charge in [0.15, 0.2) is 6.10 Å². The van der Waals surface area contributed by atoms with E-state index in [0.29, 0.717) is 4.90 Å². The van der Waals surface area contributed by atoms with Crippen LogP contribution in [0.25, 0.3) is 0 Å². The van der Waals surface area contributed by atoms with Gasteiger partial charge in [0.25, 0.3) is 5.91 Å². The molecule has 0 saturated carbocycles. The van der Waals surface area contributed by atoms with Crippen LogP contribution in [0.15, 0.2) is 48.8 Å². The molecular weight excluding hydrogens is 353 g/mol. The molecule has 2 atom stereocenters. The highest BCUT2D eigenvalue weighted by Crippen LogP contribution is 2.44. The van der Waals surface area contributed by atoms with E-state index in [1.54, 1.807) is 6.07 Å². The van der Waals surface area contributed by atoms with E-state index < -0.39 is 36.9 Å². The molecule has 0 bridgehead atoms. The van der Waals surface area contributed by atoms with Crippen LogP contribution in [-0.2, 0) is 4.74 Å². The Balaban J connectivity index is 2.18. The summed E-state index contributed by atoms with van der Waals surface area (Å²) >= 11 is 0. The first-order chi connectivity index (χ1) is 12.3. The lowest BCUT2D eigenvalue weighted by Crippen LogP contribution is -2.47. The molecule has 2 unspecified atom stereocenters. The van der Waals surface area contributed by atoms with Crippen molar-refractivity contribution in [3.8, 4) is 0 Å². The van der Waals surface area contributed by atoms with Gasteiger partial charge in [-0.2, -0.15) is 13.2 Å². The third kappa shape index (κ3) is 3.46. The first-order valence-electron chi connectivity index (χ1n) is 7.54. The molecule has 6 nitrogen and oxygen atoms in total. The molecule has 1 aromatic heterocycles. The van der Waals surface area contributed by atoms with Gasteiger partial charge in [-0.05, 0) is 17.7 Å². The van der Waals surface area contributed by atoms with Crippen LogP contribution >= 0.6 is 0 Å². The third-order valence-electron chi connectivity index (χ3n) is 3.98. The van der Waals surface area contributed by atoms with E-state index in [1.807, 2.05) is 0 Å². The average molecular weight is 366 g/mol. The fourth-order valence-electron chi connectivity index (χ4n) is 3.06. The van der Waals surface area contributed by atoms with E-state index in [9.17, 15) is 22.8 Å². The zero-order valence-corrected chi connectivity index (χ0v) is 13.2. The lowest BCUT2D eigenvalue weighted by Gasteiger charge is -2.41. The maximum absolute atomic E-state index is 13.1. The number of hydrogen-bond acceptors (Lipinski definition) is 4. The minimum atomic E-state index is -4.67. The minimum Gasteiger partial charge on any atom is -0.450 e. The number of carbonyl (C=O) groups excluding carboxylic acids is 1. The summed E-state index contributed by atoms with van der Waals surface area (Å²) in [7, 11) is 0. The van der Waals surface area contributed by atoms with Crippen molar-refractivity contribution in [1.82, 2.24) is 9.88 Å². The van der Waals surface area contributed by atoms with Gasteiger partial charge < -0.3 is 14.7 Å². The standard InChI is InChI=1S/C17H13F3N2O4/c18-17(19,20)9-22-13(10-4-3-7-21-8-10)14(26-16(24)25)11-5-1-2-6-12(11)15(22)23/h1-8,13-14H,9H2,(H,24,25). The van der Waals surface area contributed by atoms with E-state index in [4.69, 9.17) is 9.84 Å². The zero-order chi connectivity index (χ0) is 18.9. The zero-order valence-electron chi connectivity index (χ0n) is 13.2. The summed E-state index contributed by atoms with van der Waals surface area (Å²) in [4.78, 5) is 28.3. The Kier molecular flexibility index (Phi) is 4.54. The number of nitrogens with zero attached hydrogens (tertiary/aromatic N) is 2. The van der Waals surface area contributed by atoms with Crippen LogP contribution < -0.4 is 0 Å². The van der Waals surface area contributed by atoms with Crippen LogP contribution in [-0.4, -0.2) is 39.8 Å². The Morgan fingerprint density at radius 1 is 1.23 bits per heavy atom. The second kappa shape index (κ2) is 6.66. The van der Waals surface area contributed by atoms with Gasteiger partial charge in [0, 0.05) is 23.5 Å². The van der Waals surface area contributed by atoms with E-state index in [2.05, 4.69) is 4.98 Å². The Morgan fingerprint density at radius 3 is 2.58 bits per heavy atom. The number of halogens is 3. The number of amides is 1. The van der Waals surface area contributed by atoms with Crippen LogP contribution in [0.2, 0.25) is 0 Å². The predicted octanol–water partition coefficient (Wildman–Crippen LogP) is 3.58. The summed E-state index contributed by atoms with van der Waals surface area (Å²) < 4.78 is 44.2. The molecule has 1 aliphatic heterocycles. The van der Waals surface area contributed by atoms with Crippen molar-refractivity contribution in [2.24, 2.45) is 0 Å². The Labute approximate surface area is 145 Å². The molecule has 1 aromatic carbocycles. The first kappa shape index (κ1) is 17.7. The van der Waals surface area contributed by atoms with Crippen molar-refractivity contribution in [3.05, 3.63) is 65.5 Å². The number of carboxylic acid groups (broad SMARTS) is 1. The maximum atomic E-state index is 13.1. The molecular formula is C17H13F3N2O4. The molecule has 1 aliphatic rings. The molecule has 9 heteroatoms. The van der Waals surface area contributed by atoms with Crippen molar-refractivity contribution in [2.75, 3.05) is 6.54 Å². The molecule has 0 aliphatic carbocycles. The van der Waals surface area contributed by atoms with Gasteiger partial charge >= 0.3 is 12.3 Å². The van der Waals surface area contributed by atoms with Crippen LogP contribution in [0.1, 0.15) is 33.6 Å². The minimum absolute atomic E-state index is 0.0249. The van der Waals surface area contributed by atoms with Crippen LogP contribution in [0.3, 0.4) is 0 Å². The largest absolute Gasteiger partial charge is 0.506 e. The quantitative estimate of drug-likeness (QED) is 0.840. The lowest BCUT2D eigenvalue weighted by molar-refractivity contribution is -0.150. The number of ether oxygens (including phenoxy) is 1. The predicted molar refractivity (Wildman–Crippen MR) is 82.4 cm³/mol. The van der Waals surface area contributed by atoms with Gasteiger partial charge in [0.1, 0.15) is 12.6 Å². The van der Waals surface area contributed by atoms with Crippen molar-refractivity contribution >= 4 is 12.1 Å². The van der Waals surface area contributed by atoms with E-state index in [1.165, 1.54) is 42.7 Å². The lowest BCUT2D eigenvalue weighted by atomic mass is 9.87. The second-order valence-electron chi connectivity index (χ2n) is 5.67. The number of benzene rings is 1. The summed E-state index contributed by atoms with van der Waals surface area (Å²) in [6.45, 7) is -1.54. The molecule has 0 saturated heterocycles. The van der Waals surface area contributed by atoms with E-state index in [0.717, 1.165) is 0 Å². The summed E-state index contributed by atoms with van der Waals surface area (Å²) in [5, 5.41) is 9.08. The van der Waals surface area contributed by atoms with Crippen LogP contribution in [0.5, 0.6) is 0 Å². The van der Waals surface area contributed by atoms with Crippen molar-refractivity contribution in [3.63, 3.8) is 0 Å². The van der Waals surface area contributed by atoms with Crippen molar-refractivity contribution in [2.45, 2.75) is 18.3 Å². The number of hydrogen-bond donors (Lipinski definition) is 1. The Morgan fingerprint density at radius 2 is 1.96 bits per heavy atom. The topological polar surface area (TPSA) is 79.7 Å². The van der Waals surface area contributed by atoms with E-state index >= 15 is 0 Å². The number of fused-ring (bicyclic) bond motifs is 1. The maximum Gasteiger partial charge on any atom is 0.506 e. The average Bonchev–Trinajstić information content (AvgIpc) is 2.58. The molecule has 3 rings (SSSR count). The van der Waals surface area contributed by atoms with Crippen LogP contribution in [0, 0.1) is 0 Å². The Bertz CT molecular complexity index is 826. The van der Waals surface area contributed by atoms with Gasteiger partial charge in [0.05, 0.1) is 0 Å². The normalized spacial score (nSPS) is 19.8. The summed E-state index contributed by atoms with van der Waals surface area (Å²) in [5.74, 6) is -0.850. The fraction of sp³-hybridized carbons (Fsp3) is 0.235. The van der Waals surface area contributed by atoms with Gasteiger partial charge in [-0.25, -0.2) is 4.79 Å². The molecule has 1 N–H and O–H groups in total. The van der Waals surface area contributed by atoms with E-state index in [-0.39, 0.29) is 16.7 Å². The first-order valence-corrected chi connectivity index (χ1v) is 7.54. The summed E-state index contributed by atoms with van der Waals surface area (Å²) in [6, 6.07) is 7.54.